The van der Waals surface area contributed by atoms with Crippen molar-refractivity contribution in [3.8, 4) is 17.2 Å². The topological polar surface area (TPSA) is 106 Å². The summed E-state index contributed by atoms with van der Waals surface area (Å²) in [6.45, 7) is 0. The molecule has 2 heterocycles. The van der Waals surface area contributed by atoms with Crippen molar-refractivity contribution in [1.29, 1.82) is 0 Å². The first-order valence-electron chi connectivity index (χ1n) is 12.0. The lowest BCUT2D eigenvalue weighted by atomic mass is 10.1. The van der Waals surface area contributed by atoms with E-state index in [1.54, 1.807) is 28.0 Å². The summed E-state index contributed by atoms with van der Waals surface area (Å²) in [6.07, 6.45) is 6.71. The van der Waals surface area contributed by atoms with Crippen molar-refractivity contribution in [1.82, 2.24) is 15.0 Å². The van der Waals surface area contributed by atoms with E-state index >= 15 is 0 Å². The summed E-state index contributed by atoms with van der Waals surface area (Å²) in [4.78, 5) is 33.2. The first-order chi connectivity index (χ1) is 18.0. The number of phenols is 1. The number of aromatic hydroxyl groups is 1. The van der Waals surface area contributed by atoms with E-state index in [1.807, 2.05) is 30.3 Å². The number of thiophene rings is 1. The first-order valence-corrected chi connectivity index (χ1v) is 13.8. The maximum Gasteiger partial charge on any atom is 0.267 e. The maximum absolute atomic E-state index is 13.8. The molecule has 0 saturated heterocycles. The Morgan fingerprint density at radius 2 is 2.03 bits per heavy atom. The van der Waals surface area contributed by atoms with Crippen LogP contribution in [-0.2, 0) is 17.6 Å². The van der Waals surface area contributed by atoms with Gasteiger partial charge in [-0.25, -0.2) is 10.4 Å². The van der Waals surface area contributed by atoms with E-state index in [0.717, 1.165) is 41.8 Å². The number of methoxy groups -OCH3 is 1. The van der Waals surface area contributed by atoms with E-state index in [2.05, 4.69) is 10.5 Å². The third-order valence-corrected chi connectivity index (χ3v) is 8.28. The molecule has 0 atom stereocenters. The minimum Gasteiger partial charge on any atom is -0.504 e. The maximum atomic E-state index is 13.8. The minimum absolute atomic E-state index is 0.0143. The minimum atomic E-state index is -0.338. The molecule has 1 aliphatic carbocycles. The van der Waals surface area contributed by atoms with Crippen LogP contribution in [0.5, 0.6) is 11.5 Å². The summed E-state index contributed by atoms with van der Waals surface area (Å²) in [5.41, 5.74) is 4.87. The van der Waals surface area contributed by atoms with Gasteiger partial charge in [-0.15, -0.1) is 11.3 Å². The van der Waals surface area contributed by atoms with Gasteiger partial charge in [-0.05, 0) is 67.1 Å². The van der Waals surface area contributed by atoms with Gasteiger partial charge in [0.1, 0.15) is 4.83 Å². The van der Waals surface area contributed by atoms with Gasteiger partial charge >= 0.3 is 0 Å². The van der Waals surface area contributed by atoms with Crippen LogP contribution in [0.1, 0.15) is 35.3 Å². The molecule has 0 radical (unpaired) electrons. The van der Waals surface area contributed by atoms with E-state index in [-0.39, 0.29) is 23.0 Å². The van der Waals surface area contributed by atoms with Gasteiger partial charge in [0, 0.05) is 4.88 Å². The number of hydrogen-bond donors (Lipinski definition) is 2. The number of aromatic nitrogens is 2. The van der Waals surface area contributed by atoms with Gasteiger partial charge in [0.05, 0.1) is 30.2 Å². The van der Waals surface area contributed by atoms with Crippen molar-refractivity contribution in [3.05, 3.63) is 74.9 Å². The molecular formula is C27H26N4O4S2. The van der Waals surface area contributed by atoms with Crippen molar-refractivity contribution in [3.63, 3.8) is 0 Å². The lowest BCUT2D eigenvalue weighted by Gasteiger charge is -2.12. The van der Waals surface area contributed by atoms with Gasteiger partial charge in [0.2, 0.25) is 0 Å². The smallest absolute Gasteiger partial charge is 0.267 e. The highest BCUT2D eigenvalue weighted by atomic mass is 32.2. The SMILES string of the molecule is COc1ccc(/C=N/NC(=O)CSc2nc3sc4c(c3c(=O)n2-c2ccccc2)CCCCC4)cc1O. The Morgan fingerprint density at radius 3 is 2.81 bits per heavy atom. The van der Waals surface area contributed by atoms with Gasteiger partial charge in [-0.2, -0.15) is 5.10 Å². The molecule has 10 heteroatoms. The Morgan fingerprint density at radius 1 is 1.22 bits per heavy atom. The summed E-state index contributed by atoms with van der Waals surface area (Å²) < 4.78 is 6.64. The summed E-state index contributed by atoms with van der Waals surface area (Å²) in [6, 6.07) is 14.2. The lowest BCUT2D eigenvalue weighted by molar-refractivity contribution is -0.118. The van der Waals surface area contributed by atoms with Crippen LogP contribution in [0.2, 0.25) is 0 Å². The van der Waals surface area contributed by atoms with Crippen LogP contribution in [0.4, 0.5) is 0 Å². The van der Waals surface area contributed by atoms with Crippen molar-refractivity contribution in [2.75, 3.05) is 12.9 Å². The number of nitrogens with one attached hydrogen (secondary N) is 1. The monoisotopic (exact) mass is 534 g/mol. The number of thioether (sulfide) groups is 1. The van der Waals surface area contributed by atoms with Gasteiger partial charge in [-0.3, -0.25) is 14.2 Å². The fraction of sp³-hybridized carbons (Fsp3) is 0.259. The molecule has 4 aromatic rings. The fourth-order valence-electron chi connectivity index (χ4n) is 4.39. The Hall–Kier alpha value is -3.63. The van der Waals surface area contributed by atoms with Gasteiger partial charge in [0.15, 0.2) is 16.7 Å². The zero-order valence-electron chi connectivity index (χ0n) is 20.3. The third kappa shape index (κ3) is 5.40. The van der Waals surface area contributed by atoms with E-state index in [4.69, 9.17) is 9.72 Å². The number of carbonyl (C=O) groups excluding carboxylic acids is 1. The number of nitrogens with zero attached hydrogens (tertiary/aromatic N) is 3. The number of carbonyl (C=O) groups is 1. The third-order valence-electron chi connectivity index (χ3n) is 6.16. The molecule has 0 bridgehead atoms. The van der Waals surface area contributed by atoms with Crippen molar-refractivity contribution in [2.45, 2.75) is 37.3 Å². The van der Waals surface area contributed by atoms with E-state index in [1.165, 1.54) is 42.5 Å². The van der Waals surface area contributed by atoms with Crippen molar-refractivity contribution in [2.24, 2.45) is 5.10 Å². The molecule has 0 fully saturated rings. The van der Waals surface area contributed by atoms with Crippen LogP contribution in [0.3, 0.4) is 0 Å². The van der Waals surface area contributed by atoms with Gasteiger partial charge < -0.3 is 9.84 Å². The zero-order chi connectivity index (χ0) is 25.8. The number of rotatable bonds is 7. The Balaban J connectivity index is 1.39. The molecule has 5 rings (SSSR count). The fourth-order valence-corrected chi connectivity index (χ4v) is 6.50. The standard InChI is InChI=1S/C27H26N4O4S2/c1-35-21-13-12-17(14-20(21)32)15-28-30-23(33)16-36-27-29-25-24(19-10-6-3-7-11-22(19)37-25)26(34)31(27)18-8-4-2-5-9-18/h2,4-5,8-9,12-15,32H,3,6-7,10-11,16H2,1H3,(H,30,33)/b28-15+. The predicted octanol–water partition coefficient (Wildman–Crippen LogP) is 4.67. The van der Waals surface area contributed by atoms with Gasteiger partial charge in [0.25, 0.3) is 11.5 Å². The number of fused-ring (bicyclic) bond motifs is 3. The van der Waals surface area contributed by atoms with Gasteiger partial charge in [-0.1, -0.05) is 36.4 Å². The molecule has 0 aliphatic heterocycles. The average molecular weight is 535 g/mol. The lowest BCUT2D eigenvalue weighted by Crippen LogP contribution is -2.24. The molecule has 8 nitrogen and oxygen atoms in total. The molecule has 0 saturated carbocycles. The molecule has 190 valence electrons. The van der Waals surface area contributed by atoms with Crippen molar-refractivity contribution < 1.29 is 14.6 Å². The first kappa shape index (κ1) is 25.0. The normalized spacial score (nSPS) is 13.4. The summed E-state index contributed by atoms with van der Waals surface area (Å²) in [5.74, 6) is 0.0317. The average Bonchev–Trinajstić information content (AvgIpc) is 3.09. The van der Waals surface area contributed by atoms with E-state index in [0.29, 0.717) is 21.9 Å². The highest BCUT2D eigenvalue weighted by molar-refractivity contribution is 7.99. The molecule has 2 aromatic heterocycles. The van der Waals surface area contributed by atoms with E-state index < -0.39 is 0 Å². The molecule has 2 N–H and O–H groups in total. The summed E-state index contributed by atoms with van der Waals surface area (Å²) in [5, 5.41) is 15.0. The van der Waals surface area contributed by atoms with Crippen molar-refractivity contribution >= 4 is 45.4 Å². The number of phenolic OH excluding ortho intramolecular Hbond substituents is 1. The molecule has 0 spiro atoms. The molecular weight excluding hydrogens is 508 g/mol. The van der Waals surface area contributed by atoms with Crippen LogP contribution in [0.15, 0.2) is 63.6 Å². The van der Waals surface area contributed by atoms with Crippen LogP contribution < -0.4 is 15.7 Å². The molecule has 2 aromatic carbocycles. The van der Waals surface area contributed by atoms with Crippen LogP contribution in [0.25, 0.3) is 15.9 Å². The van der Waals surface area contributed by atoms with Crippen LogP contribution in [-0.4, -0.2) is 39.6 Å². The number of hydrazone groups is 1. The number of benzene rings is 2. The molecule has 1 aliphatic rings. The van der Waals surface area contributed by atoms with Crippen LogP contribution >= 0.6 is 23.1 Å². The highest BCUT2D eigenvalue weighted by Crippen LogP contribution is 2.34. The number of ether oxygens (including phenoxy) is 1. The Kier molecular flexibility index (Phi) is 7.57. The quantitative estimate of drug-likeness (QED) is 0.117. The molecule has 37 heavy (non-hydrogen) atoms. The predicted molar refractivity (Wildman–Crippen MR) is 148 cm³/mol. The molecule has 0 unspecified atom stereocenters. The Bertz CT molecular complexity index is 1530. The second kappa shape index (κ2) is 11.2. The second-order valence-corrected chi connectivity index (χ2v) is 10.7. The summed E-state index contributed by atoms with van der Waals surface area (Å²) >= 11 is 2.80. The number of aryl methyl sites for hydroxylation is 2. The number of hydrogen-bond acceptors (Lipinski definition) is 8. The van der Waals surface area contributed by atoms with E-state index in [9.17, 15) is 14.7 Å². The van der Waals surface area contributed by atoms with Crippen LogP contribution in [0, 0.1) is 0 Å². The number of para-hydroxylation sites is 1. The number of amides is 1. The largest absolute Gasteiger partial charge is 0.504 e. The zero-order valence-corrected chi connectivity index (χ0v) is 21.9. The molecule has 1 amide bonds. The summed E-state index contributed by atoms with van der Waals surface area (Å²) in [7, 11) is 1.47. The highest BCUT2D eigenvalue weighted by Gasteiger charge is 2.22. The second-order valence-electron chi connectivity index (χ2n) is 8.63. The Labute approximate surface area is 222 Å².